The van der Waals surface area contributed by atoms with Crippen LogP contribution in [0, 0.1) is 5.92 Å². The summed E-state index contributed by atoms with van der Waals surface area (Å²) in [7, 11) is 0. The molecule has 0 aliphatic heterocycles. The summed E-state index contributed by atoms with van der Waals surface area (Å²) in [6.07, 6.45) is 2.57. The molecule has 1 saturated carbocycles. The molecule has 1 amide bonds. The lowest BCUT2D eigenvalue weighted by atomic mass is 9.98. The van der Waals surface area contributed by atoms with Crippen LogP contribution in [0.25, 0.3) is 0 Å². The van der Waals surface area contributed by atoms with Crippen LogP contribution in [0.15, 0.2) is 30.3 Å². The molecule has 1 unspecified atom stereocenters. The molecule has 0 radical (unpaired) electrons. The minimum absolute atomic E-state index is 0.0243. The highest BCUT2D eigenvalue weighted by molar-refractivity contribution is 5.83. The lowest BCUT2D eigenvalue weighted by molar-refractivity contribution is -0.122. The maximum absolute atomic E-state index is 12.0. The number of benzene rings is 1. The second kappa shape index (κ2) is 7.26. The lowest BCUT2D eigenvalue weighted by Crippen LogP contribution is -2.35. The first kappa shape index (κ1) is 14.0. The van der Waals surface area contributed by atoms with Crippen LogP contribution in [-0.4, -0.2) is 32.2 Å². The van der Waals surface area contributed by atoms with Crippen LogP contribution in [0.1, 0.15) is 24.3 Å². The van der Waals surface area contributed by atoms with Gasteiger partial charge in [-0.05, 0) is 24.3 Å². The molecule has 104 valence electrons. The predicted molar refractivity (Wildman–Crippen MR) is 74.8 cm³/mol. The Morgan fingerprint density at radius 1 is 1.37 bits per heavy atom. The van der Waals surface area contributed by atoms with E-state index in [1.807, 2.05) is 30.3 Å². The second-order valence-electron chi connectivity index (χ2n) is 5.01. The highest BCUT2D eigenvalue weighted by Gasteiger charge is 2.21. The normalized spacial score (nSPS) is 16.1. The van der Waals surface area contributed by atoms with Crippen molar-refractivity contribution in [3.63, 3.8) is 0 Å². The van der Waals surface area contributed by atoms with E-state index in [9.17, 15) is 4.79 Å². The molecule has 3 N–H and O–H groups in total. The zero-order valence-corrected chi connectivity index (χ0v) is 11.2. The van der Waals surface area contributed by atoms with E-state index in [1.165, 1.54) is 12.8 Å². The molecule has 1 aliphatic carbocycles. The fraction of sp³-hybridized carbons (Fsp3) is 0.533. The fourth-order valence-electron chi connectivity index (χ4n) is 1.98. The van der Waals surface area contributed by atoms with Gasteiger partial charge in [-0.25, -0.2) is 0 Å². The monoisotopic (exact) mass is 262 g/mol. The largest absolute Gasteiger partial charge is 0.379 e. The van der Waals surface area contributed by atoms with Crippen LogP contribution >= 0.6 is 0 Å². The molecule has 1 aromatic carbocycles. The van der Waals surface area contributed by atoms with Gasteiger partial charge >= 0.3 is 0 Å². The van der Waals surface area contributed by atoms with Crippen LogP contribution in [0.4, 0.5) is 0 Å². The van der Waals surface area contributed by atoms with E-state index in [4.69, 9.17) is 10.5 Å². The van der Waals surface area contributed by atoms with Gasteiger partial charge in [-0.3, -0.25) is 4.79 Å². The van der Waals surface area contributed by atoms with Gasteiger partial charge in [0.25, 0.3) is 0 Å². The van der Waals surface area contributed by atoms with Gasteiger partial charge in [-0.15, -0.1) is 0 Å². The van der Waals surface area contributed by atoms with Crippen molar-refractivity contribution >= 4 is 5.91 Å². The number of carbonyl (C=O) groups excluding carboxylic acids is 1. The standard InChI is InChI=1S/C15H22N2O2/c16-10-14(13-4-2-1-3-5-13)15(18)17-8-9-19-11-12-6-7-12/h1-5,12,14H,6-11,16H2,(H,17,18). The molecule has 19 heavy (non-hydrogen) atoms. The molecule has 2 rings (SSSR count). The fourth-order valence-corrected chi connectivity index (χ4v) is 1.98. The molecule has 0 bridgehead atoms. The number of rotatable bonds is 8. The van der Waals surface area contributed by atoms with Crippen LogP contribution < -0.4 is 11.1 Å². The molecule has 0 aromatic heterocycles. The molecule has 1 aliphatic rings. The topological polar surface area (TPSA) is 64.4 Å². The minimum Gasteiger partial charge on any atom is -0.379 e. The zero-order chi connectivity index (χ0) is 13.5. The second-order valence-corrected chi connectivity index (χ2v) is 5.01. The maximum atomic E-state index is 12.0. The molecular weight excluding hydrogens is 240 g/mol. The maximum Gasteiger partial charge on any atom is 0.228 e. The highest BCUT2D eigenvalue weighted by Crippen LogP contribution is 2.28. The third-order valence-corrected chi connectivity index (χ3v) is 3.35. The number of nitrogens with one attached hydrogen (secondary N) is 1. The highest BCUT2D eigenvalue weighted by atomic mass is 16.5. The van der Waals surface area contributed by atoms with Crippen LogP contribution in [0.2, 0.25) is 0 Å². The summed E-state index contributed by atoms with van der Waals surface area (Å²) in [5.74, 6) is 0.463. The summed E-state index contributed by atoms with van der Waals surface area (Å²) in [5, 5.41) is 2.88. The average Bonchev–Trinajstić information content (AvgIpc) is 3.24. The first-order valence-corrected chi connectivity index (χ1v) is 6.91. The van der Waals surface area contributed by atoms with Crippen molar-refractivity contribution in [3.8, 4) is 0 Å². The minimum atomic E-state index is -0.273. The Hall–Kier alpha value is -1.39. The zero-order valence-electron chi connectivity index (χ0n) is 11.2. The van der Waals surface area contributed by atoms with Crippen LogP contribution in [-0.2, 0) is 9.53 Å². The van der Waals surface area contributed by atoms with Gasteiger partial charge in [-0.1, -0.05) is 30.3 Å². The summed E-state index contributed by atoms with van der Waals surface area (Å²) in [6, 6.07) is 9.64. The Balaban J connectivity index is 1.70. The number of hydrogen-bond acceptors (Lipinski definition) is 3. The smallest absolute Gasteiger partial charge is 0.228 e. The molecule has 4 heteroatoms. The molecule has 1 atom stereocenters. The Morgan fingerprint density at radius 2 is 2.11 bits per heavy atom. The Labute approximate surface area is 114 Å². The molecular formula is C15H22N2O2. The van der Waals surface area contributed by atoms with Crippen molar-refractivity contribution in [2.24, 2.45) is 11.7 Å². The van der Waals surface area contributed by atoms with E-state index in [1.54, 1.807) is 0 Å². The first-order valence-electron chi connectivity index (χ1n) is 6.91. The van der Waals surface area contributed by atoms with Crippen molar-refractivity contribution in [3.05, 3.63) is 35.9 Å². The van der Waals surface area contributed by atoms with Gasteiger partial charge in [-0.2, -0.15) is 0 Å². The molecule has 1 aromatic rings. The van der Waals surface area contributed by atoms with Gasteiger partial charge in [0.05, 0.1) is 12.5 Å². The van der Waals surface area contributed by atoms with E-state index >= 15 is 0 Å². The van der Waals surface area contributed by atoms with Crippen molar-refractivity contribution < 1.29 is 9.53 Å². The van der Waals surface area contributed by atoms with E-state index in [0.717, 1.165) is 18.1 Å². The SMILES string of the molecule is NCC(C(=O)NCCOCC1CC1)c1ccccc1. The van der Waals surface area contributed by atoms with E-state index in [2.05, 4.69) is 5.32 Å². The summed E-state index contributed by atoms with van der Waals surface area (Å²) in [6.45, 7) is 2.27. The third-order valence-electron chi connectivity index (χ3n) is 3.35. The number of amides is 1. The van der Waals surface area contributed by atoms with Crippen LogP contribution in [0.5, 0.6) is 0 Å². The van der Waals surface area contributed by atoms with Crippen molar-refractivity contribution in [2.45, 2.75) is 18.8 Å². The summed E-state index contributed by atoms with van der Waals surface area (Å²) in [4.78, 5) is 12.0. The van der Waals surface area contributed by atoms with Gasteiger partial charge in [0.2, 0.25) is 5.91 Å². The van der Waals surface area contributed by atoms with E-state index in [0.29, 0.717) is 19.7 Å². The number of hydrogen-bond donors (Lipinski definition) is 2. The molecule has 0 heterocycles. The molecule has 1 fully saturated rings. The van der Waals surface area contributed by atoms with Crippen LogP contribution in [0.3, 0.4) is 0 Å². The van der Waals surface area contributed by atoms with Gasteiger partial charge in [0, 0.05) is 19.7 Å². The first-order chi connectivity index (χ1) is 9.31. The lowest BCUT2D eigenvalue weighted by Gasteiger charge is -2.15. The molecule has 0 spiro atoms. The molecule has 4 nitrogen and oxygen atoms in total. The van der Waals surface area contributed by atoms with E-state index < -0.39 is 0 Å². The quantitative estimate of drug-likeness (QED) is 0.693. The van der Waals surface area contributed by atoms with Crippen molar-refractivity contribution in [1.29, 1.82) is 0 Å². The number of ether oxygens (including phenoxy) is 1. The number of nitrogens with two attached hydrogens (primary N) is 1. The summed E-state index contributed by atoms with van der Waals surface area (Å²) < 4.78 is 5.48. The van der Waals surface area contributed by atoms with Crippen molar-refractivity contribution in [2.75, 3.05) is 26.3 Å². The predicted octanol–water partition coefficient (Wildman–Crippen LogP) is 1.27. The van der Waals surface area contributed by atoms with Gasteiger partial charge < -0.3 is 15.8 Å². The Morgan fingerprint density at radius 3 is 2.74 bits per heavy atom. The average molecular weight is 262 g/mol. The summed E-state index contributed by atoms with van der Waals surface area (Å²) in [5.41, 5.74) is 6.65. The Bertz CT molecular complexity index is 390. The Kier molecular flexibility index (Phi) is 5.36. The third kappa shape index (κ3) is 4.65. The molecule has 0 saturated heterocycles. The van der Waals surface area contributed by atoms with Gasteiger partial charge in [0.1, 0.15) is 0 Å². The van der Waals surface area contributed by atoms with Crippen molar-refractivity contribution in [1.82, 2.24) is 5.32 Å². The van der Waals surface area contributed by atoms with E-state index in [-0.39, 0.29) is 11.8 Å². The summed E-state index contributed by atoms with van der Waals surface area (Å²) >= 11 is 0. The number of carbonyl (C=O) groups is 1. The van der Waals surface area contributed by atoms with Gasteiger partial charge in [0.15, 0.2) is 0 Å².